The van der Waals surface area contributed by atoms with Gasteiger partial charge in [-0.05, 0) is 40.5 Å². The van der Waals surface area contributed by atoms with Gasteiger partial charge in [-0.25, -0.2) is 0 Å². The summed E-state index contributed by atoms with van der Waals surface area (Å²) in [5, 5.41) is 5.70. The lowest BCUT2D eigenvalue weighted by atomic mass is 10.1. The highest BCUT2D eigenvalue weighted by atomic mass is 16.2. The largest absolute Gasteiger partial charge is 0.354 e. The number of unbranched alkanes of at least 4 members (excludes halogenated alkanes) is 2. The molecule has 17 heavy (non-hydrogen) atoms. The Morgan fingerprint density at radius 1 is 0.765 bits per heavy atom. The van der Waals surface area contributed by atoms with Crippen molar-refractivity contribution in [2.45, 2.75) is 71.9 Å². The van der Waals surface area contributed by atoms with E-state index < -0.39 is 0 Å². The number of carbonyl (C=O) groups is 2. The van der Waals surface area contributed by atoms with Crippen LogP contribution in [0, 0.1) is 0 Å². The molecular formula is C13H26N2O2. The molecule has 0 aromatic carbocycles. The minimum absolute atomic E-state index is 0.103. The zero-order chi connectivity index (χ0) is 13.3. The summed E-state index contributed by atoms with van der Waals surface area (Å²) in [6, 6.07) is 0.415. The Bertz CT molecular complexity index is 214. The molecule has 0 radical (unpaired) electrons. The van der Waals surface area contributed by atoms with Crippen molar-refractivity contribution in [2.24, 2.45) is 0 Å². The number of nitrogens with one attached hydrogen (secondary N) is 2. The molecule has 0 saturated heterocycles. The predicted molar refractivity (Wildman–Crippen MR) is 69.6 cm³/mol. The first-order chi connectivity index (χ1) is 7.91. The van der Waals surface area contributed by atoms with Gasteiger partial charge in [-0.1, -0.05) is 6.42 Å². The minimum Gasteiger partial charge on any atom is -0.354 e. The Kier molecular flexibility index (Phi) is 8.46. The van der Waals surface area contributed by atoms with Crippen LogP contribution in [0.1, 0.15) is 59.8 Å². The molecule has 0 rings (SSSR count). The maximum atomic E-state index is 11.3. The SMILES string of the molecule is CC(C)NC(=O)CCCCCC(=O)NC(C)C. The minimum atomic E-state index is 0.103. The third-order valence-electron chi connectivity index (χ3n) is 2.21. The molecule has 2 amide bonds. The monoisotopic (exact) mass is 242 g/mol. The number of hydrogen-bond acceptors (Lipinski definition) is 2. The number of amides is 2. The van der Waals surface area contributed by atoms with Crippen LogP contribution < -0.4 is 10.6 Å². The zero-order valence-electron chi connectivity index (χ0n) is 11.5. The second-order valence-electron chi connectivity index (χ2n) is 5.01. The van der Waals surface area contributed by atoms with Gasteiger partial charge in [-0.15, -0.1) is 0 Å². The van der Waals surface area contributed by atoms with Crippen LogP contribution >= 0.6 is 0 Å². The van der Waals surface area contributed by atoms with Crippen LogP contribution in [0.25, 0.3) is 0 Å². The van der Waals surface area contributed by atoms with E-state index in [0.717, 1.165) is 19.3 Å². The molecule has 0 bridgehead atoms. The molecule has 0 aliphatic heterocycles. The summed E-state index contributed by atoms with van der Waals surface area (Å²) in [4.78, 5) is 22.6. The van der Waals surface area contributed by atoms with Gasteiger partial charge in [-0.3, -0.25) is 9.59 Å². The van der Waals surface area contributed by atoms with E-state index in [4.69, 9.17) is 0 Å². The van der Waals surface area contributed by atoms with E-state index in [1.165, 1.54) is 0 Å². The van der Waals surface area contributed by atoms with Crippen molar-refractivity contribution in [2.75, 3.05) is 0 Å². The Hall–Kier alpha value is -1.06. The third kappa shape index (κ3) is 11.2. The van der Waals surface area contributed by atoms with Crippen molar-refractivity contribution in [3.8, 4) is 0 Å². The Labute approximate surface area is 105 Å². The lowest BCUT2D eigenvalue weighted by Crippen LogP contribution is -2.30. The van der Waals surface area contributed by atoms with Crippen molar-refractivity contribution in [1.82, 2.24) is 10.6 Å². The molecular weight excluding hydrogens is 216 g/mol. The highest BCUT2D eigenvalue weighted by molar-refractivity contribution is 5.76. The van der Waals surface area contributed by atoms with Gasteiger partial charge in [0.2, 0.25) is 11.8 Å². The molecule has 0 aromatic heterocycles. The summed E-state index contributed by atoms with van der Waals surface area (Å²) in [7, 11) is 0. The van der Waals surface area contributed by atoms with E-state index in [1.807, 2.05) is 27.7 Å². The molecule has 0 aromatic rings. The van der Waals surface area contributed by atoms with Crippen LogP contribution in [0.2, 0.25) is 0 Å². The van der Waals surface area contributed by atoms with Gasteiger partial charge < -0.3 is 10.6 Å². The maximum Gasteiger partial charge on any atom is 0.220 e. The van der Waals surface area contributed by atoms with E-state index in [0.29, 0.717) is 12.8 Å². The molecule has 0 unspecified atom stereocenters. The number of carbonyl (C=O) groups excluding carboxylic acids is 2. The lowest BCUT2D eigenvalue weighted by Gasteiger charge is -2.09. The van der Waals surface area contributed by atoms with Crippen molar-refractivity contribution in [3.05, 3.63) is 0 Å². The van der Waals surface area contributed by atoms with E-state index in [1.54, 1.807) is 0 Å². The maximum absolute atomic E-state index is 11.3. The van der Waals surface area contributed by atoms with Gasteiger partial charge in [0, 0.05) is 24.9 Å². The molecule has 0 aliphatic carbocycles. The summed E-state index contributed by atoms with van der Waals surface area (Å²) >= 11 is 0. The standard InChI is InChI=1S/C13H26N2O2/c1-10(2)14-12(16)8-6-5-7-9-13(17)15-11(3)4/h10-11H,5-9H2,1-4H3,(H,14,16)(H,15,17). The average molecular weight is 242 g/mol. The summed E-state index contributed by atoms with van der Waals surface area (Å²) in [6.07, 6.45) is 3.76. The third-order valence-corrected chi connectivity index (χ3v) is 2.21. The Morgan fingerprint density at radius 3 is 1.41 bits per heavy atom. The van der Waals surface area contributed by atoms with Crippen LogP contribution in [0.3, 0.4) is 0 Å². The van der Waals surface area contributed by atoms with Gasteiger partial charge in [0.05, 0.1) is 0 Å². The first kappa shape index (κ1) is 15.9. The molecule has 4 heteroatoms. The number of rotatable bonds is 8. The smallest absolute Gasteiger partial charge is 0.220 e. The van der Waals surface area contributed by atoms with E-state index in [-0.39, 0.29) is 23.9 Å². The molecule has 0 atom stereocenters. The molecule has 0 spiro atoms. The second kappa shape index (κ2) is 9.02. The van der Waals surface area contributed by atoms with Crippen molar-refractivity contribution in [1.29, 1.82) is 0 Å². The molecule has 2 N–H and O–H groups in total. The highest BCUT2D eigenvalue weighted by Gasteiger charge is 2.04. The van der Waals surface area contributed by atoms with Crippen LogP contribution in [0.15, 0.2) is 0 Å². The van der Waals surface area contributed by atoms with Crippen LogP contribution in [0.5, 0.6) is 0 Å². The van der Waals surface area contributed by atoms with E-state index >= 15 is 0 Å². The van der Waals surface area contributed by atoms with Crippen molar-refractivity contribution < 1.29 is 9.59 Å². The summed E-state index contributed by atoms with van der Waals surface area (Å²) in [5.41, 5.74) is 0. The Balaban J connectivity index is 3.40. The average Bonchev–Trinajstić information content (AvgIpc) is 2.14. The fourth-order valence-electron chi connectivity index (χ4n) is 1.54. The van der Waals surface area contributed by atoms with E-state index in [2.05, 4.69) is 10.6 Å². The predicted octanol–water partition coefficient (Wildman–Crippen LogP) is 1.99. The summed E-state index contributed by atoms with van der Waals surface area (Å²) in [6.45, 7) is 7.81. The zero-order valence-corrected chi connectivity index (χ0v) is 11.5. The quantitative estimate of drug-likeness (QED) is 0.639. The molecule has 0 fully saturated rings. The van der Waals surface area contributed by atoms with Gasteiger partial charge in [-0.2, -0.15) is 0 Å². The van der Waals surface area contributed by atoms with Crippen molar-refractivity contribution >= 4 is 11.8 Å². The van der Waals surface area contributed by atoms with E-state index in [9.17, 15) is 9.59 Å². The first-order valence-corrected chi connectivity index (χ1v) is 6.50. The van der Waals surface area contributed by atoms with Crippen LogP contribution in [-0.4, -0.2) is 23.9 Å². The lowest BCUT2D eigenvalue weighted by molar-refractivity contribution is -0.122. The molecule has 100 valence electrons. The molecule has 0 heterocycles. The topological polar surface area (TPSA) is 58.2 Å². The normalized spacial score (nSPS) is 10.7. The van der Waals surface area contributed by atoms with Gasteiger partial charge in [0.25, 0.3) is 0 Å². The molecule has 0 saturated carbocycles. The second-order valence-corrected chi connectivity index (χ2v) is 5.01. The summed E-state index contributed by atoms with van der Waals surface area (Å²) < 4.78 is 0. The Morgan fingerprint density at radius 2 is 1.12 bits per heavy atom. The van der Waals surface area contributed by atoms with Crippen LogP contribution in [0.4, 0.5) is 0 Å². The van der Waals surface area contributed by atoms with Gasteiger partial charge in [0.1, 0.15) is 0 Å². The fraction of sp³-hybridized carbons (Fsp3) is 0.846. The summed E-state index contributed by atoms with van der Waals surface area (Å²) in [5.74, 6) is 0.207. The van der Waals surface area contributed by atoms with Gasteiger partial charge in [0.15, 0.2) is 0 Å². The van der Waals surface area contributed by atoms with Crippen LogP contribution in [-0.2, 0) is 9.59 Å². The first-order valence-electron chi connectivity index (χ1n) is 6.50. The molecule has 0 aliphatic rings. The van der Waals surface area contributed by atoms with Gasteiger partial charge >= 0.3 is 0 Å². The fourth-order valence-corrected chi connectivity index (χ4v) is 1.54. The van der Waals surface area contributed by atoms with Crippen molar-refractivity contribution in [3.63, 3.8) is 0 Å². The highest BCUT2D eigenvalue weighted by Crippen LogP contribution is 2.03. The molecule has 4 nitrogen and oxygen atoms in total. The number of hydrogen-bond donors (Lipinski definition) is 2.